The number of carboxylic acid groups (broad SMARTS) is 1. The zero-order valence-electron chi connectivity index (χ0n) is 20.1. The van der Waals surface area contributed by atoms with Gasteiger partial charge < -0.3 is 14.6 Å². The van der Waals surface area contributed by atoms with Gasteiger partial charge in [0.1, 0.15) is 17.0 Å². The van der Waals surface area contributed by atoms with Crippen molar-refractivity contribution in [3.63, 3.8) is 0 Å². The molecule has 0 spiro atoms. The van der Waals surface area contributed by atoms with Crippen LogP contribution < -0.4 is 14.8 Å². The number of benzene rings is 1. The number of methoxy groups -OCH3 is 2. The summed E-state index contributed by atoms with van der Waals surface area (Å²) in [5, 5.41) is 13.7. The van der Waals surface area contributed by atoms with E-state index in [1.165, 1.54) is 12.0 Å². The third-order valence-corrected chi connectivity index (χ3v) is 7.16. The number of hydrogen-bond donors (Lipinski definition) is 2. The Balaban J connectivity index is 2.29. The van der Waals surface area contributed by atoms with E-state index in [-0.39, 0.29) is 11.8 Å². The minimum Gasteiger partial charge on any atom is -0.496 e. The molecule has 8 nitrogen and oxygen atoms in total. The highest BCUT2D eigenvalue weighted by molar-refractivity contribution is 6.10. The van der Waals surface area contributed by atoms with Gasteiger partial charge in [-0.2, -0.15) is 0 Å². The van der Waals surface area contributed by atoms with E-state index in [1.807, 2.05) is 20.8 Å². The molecule has 2 amide bonds. The van der Waals surface area contributed by atoms with E-state index >= 15 is 0 Å². The molecular formula is C24H34N2O6. The lowest BCUT2D eigenvalue weighted by atomic mass is 9.72. The van der Waals surface area contributed by atoms with Crippen LogP contribution in [0.15, 0.2) is 12.1 Å². The Morgan fingerprint density at radius 3 is 2.31 bits per heavy atom. The Hall–Kier alpha value is -2.61. The molecule has 8 heteroatoms. The number of nitrogens with one attached hydrogen (secondary N) is 1. The number of nitrogens with zero attached hydrogens (tertiary/aromatic N) is 1. The minimum atomic E-state index is -1.57. The highest BCUT2D eigenvalue weighted by Crippen LogP contribution is 2.54. The van der Waals surface area contributed by atoms with E-state index in [9.17, 15) is 19.5 Å². The van der Waals surface area contributed by atoms with Crippen molar-refractivity contribution in [3.8, 4) is 11.5 Å². The van der Waals surface area contributed by atoms with Crippen LogP contribution in [0.3, 0.4) is 0 Å². The Labute approximate surface area is 189 Å². The Morgan fingerprint density at radius 2 is 1.84 bits per heavy atom. The first kappa shape index (κ1) is 24.0. The van der Waals surface area contributed by atoms with E-state index < -0.39 is 40.8 Å². The number of ether oxygens (including phenoxy) is 2. The average Bonchev–Trinajstić information content (AvgIpc) is 3.21. The molecule has 176 valence electrons. The van der Waals surface area contributed by atoms with Crippen molar-refractivity contribution in [2.24, 2.45) is 17.8 Å². The van der Waals surface area contributed by atoms with Crippen LogP contribution in [-0.4, -0.2) is 53.1 Å². The van der Waals surface area contributed by atoms with Gasteiger partial charge in [-0.25, -0.2) is 0 Å². The molecule has 2 N–H and O–H groups in total. The molecule has 2 aliphatic heterocycles. The van der Waals surface area contributed by atoms with Crippen LogP contribution in [0.1, 0.15) is 58.2 Å². The van der Waals surface area contributed by atoms with Crippen molar-refractivity contribution in [1.29, 1.82) is 0 Å². The second-order valence-electron chi connectivity index (χ2n) is 9.81. The van der Waals surface area contributed by atoms with E-state index in [4.69, 9.17) is 9.47 Å². The summed E-state index contributed by atoms with van der Waals surface area (Å²) < 4.78 is 11.1. The standard InChI is InChI=1S/C24H34N2O6/c1-9-12(2)24(22(29)30)17-16(20(27)26(21(17)28)23(4,5)6)18(25-24)14-10-11-15(31-7)13(3)19(14)32-8/h10-12,16-18,25H,9H2,1-8H3,(H,29,30). The molecule has 32 heavy (non-hydrogen) atoms. The molecule has 1 aromatic rings. The van der Waals surface area contributed by atoms with Crippen molar-refractivity contribution >= 4 is 17.8 Å². The molecule has 0 aromatic heterocycles. The van der Waals surface area contributed by atoms with Crippen LogP contribution in [0, 0.1) is 24.7 Å². The third-order valence-electron chi connectivity index (χ3n) is 7.16. The van der Waals surface area contributed by atoms with Crippen molar-refractivity contribution in [2.45, 2.75) is 65.1 Å². The molecule has 3 rings (SSSR count). The number of hydrogen-bond acceptors (Lipinski definition) is 6. The predicted octanol–water partition coefficient (Wildman–Crippen LogP) is 2.93. The first-order chi connectivity index (χ1) is 14.9. The van der Waals surface area contributed by atoms with Gasteiger partial charge in [-0.15, -0.1) is 0 Å². The lowest BCUT2D eigenvalue weighted by Gasteiger charge is -2.38. The van der Waals surface area contributed by atoms with Gasteiger partial charge in [0.25, 0.3) is 0 Å². The van der Waals surface area contributed by atoms with Crippen molar-refractivity contribution < 1.29 is 29.0 Å². The summed E-state index contributed by atoms with van der Waals surface area (Å²) in [5.74, 6) is -3.03. The number of aliphatic carboxylic acids is 1. The molecule has 2 heterocycles. The van der Waals surface area contributed by atoms with Crippen LogP contribution in [0.4, 0.5) is 0 Å². The van der Waals surface area contributed by atoms with Crippen LogP contribution >= 0.6 is 0 Å². The Kier molecular flexibility index (Phi) is 6.06. The first-order valence-electron chi connectivity index (χ1n) is 11.0. The number of carbonyl (C=O) groups excluding carboxylic acids is 2. The number of amides is 2. The van der Waals surface area contributed by atoms with Crippen LogP contribution in [0.5, 0.6) is 11.5 Å². The van der Waals surface area contributed by atoms with Gasteiger partial charge in [0.15, 0.2) is 0 Å². The second-order valence-corrected chi connectivity index (χ2v) is 9.81. The van der Waals surface area contributed by atoms with Gasteiger partial charge in [0.2, 0.25) is 11.8 Å². The zero-order valence-corrected chi connectivity index (χ0v) is 20.1. The summed E-state index contributed by atoms with van der Waals surface area (Å²) in [6.07, 6.45) is 0.533. The van der Waals surface area contributed by atoms with Crippen LogP contribution in [0.2, 0.25) is 0 Å². The first-order valence-corrected chi connectivity index (χ1v) is 11.0. The summed E-state index contributed by atoms with van der Waals surface area (Å²) in [5.41, 5.74) is -0.950. The van der Waals surface area contributed by atoms with Crippen molar-refractivity contribution in [3.05, 3.63) is 23.3 Å². The van der Waals surface area contributed by atoms with Gasteiger partial charge in [-0.3, -0.25) is 24.6 Å². The van der Waals surface area contributed by atoms with E-state index in [1.54, 1.807) is 40.0 Å². The van der Waals surface area contributed by atoms with Gasteiger partial charge in [-0.05, 0) is 39.7 Å². The molecule has 2 saturated heterocycles. The minimum absolute atomic E-state index is 0.355. The van der Waals surface area contributed by atoms with Gasteiger partial charge in [0, 0.05) is 22.7 Å². The molecule has 2 aliphatic rings. The zero-order chi connectivity index (χ0) is 24.2. The monoisotopic (exact) mass is 446 g/mol. The molecule has 1 aromatic carbocycles. The van der Waals surface area contributed by atoms with E-state index in [2.05, 4.69) is 5.32 Å². The topological polar surface area (TPSA) is 105 Å². The normalized spacial score (nSPS) is 28.6. The summed E-state index contributed by atoms with van der Waals surface area (Å²) in [7, 11) is 3.09. The maximum absolute atomic E-state index is 13.7. The fourth-order valence-electron chi connectivity index (χ4n) is 5.48. The molecule has 0 saturated carbocycles. The number of carboxylic acids is 1. The molecule has 5 atom stereocenters. The molecule has 2 fully saturated rings. The molecule has 0 radical (unpaired) electrons. The summed E-state index contributed by atoms with van der Waals surface area (Å²) in [4.78, 5) is 41.3. The molecular weight excluding hydrogens is 412 g/mol. The van der Waals surface area contributed by atoms with Gasteiger partial charge in [0.05, 0.1) is 26.1 Å². The fraction of sp³-hybridized carbons (Fsp3) is 0.625. The average molecular weight is 447 g/mol. The van der Waals surface area contributed by atoms with Crippen LogP contribution in [0.25, 0.3) is 0 Å². The summed E-state index contributed by atoms with van der Waals surface area (Å²) >= 11 is 0. The molecule has 5 unspecified atom stereocenters. The van der Waals surface area contributed by atoms with Crippen LogP contribution in [-0.2, 0) is 14.4 Å². The molecule has 0 bridgehead atoms. The highest BCUT2D eigenvalue weighted by Gasteiger charge is 2.71. The number of rotatable bonds is 6. The van der Waals surface area contributed by atoms with Crippen molar-refractivity contribution in [1.82, 2.24) is 10.2 Å². The number of imide groups is 1. The Bertz CT molecular complexity index is 953. The van der Waals surface area contributed by atoms with E-state index in [0.717, 1.165) is 5.56 Å². The largest absolute Gasteiger partial charge is 0.496 e. The highest BCUT2D eigenvalue weighted by atomic mass is 16.5. The fourth-order valence-corrected chi connectivity index (χ4v) is 5.48. The summed E-state index contributed by atoms with van der Waals surface area (Å²) in [6, 6.07) is 2.86. The van der Waals surface area contributed by atoms with Crippen molar-refractivity contribution in [2.75, 3.05) is 14.2 Å². The quantitative estimate of drug-likeness (QED) is 0.647. The summed E-state index contributed by atoms with van der Waals surface area (Å²) in [6.45, 7) is 10.9. The van der Waals surface area contributed by atoms with E-state index in [0.29, 0.717) is 23.5 Å². The maximum atomic E-state index is 13.7. The van der Waals surface area contributed by atoms with Gasteiger partial charge >= 0.3 is 5.97 Å². The molecule has 0 aliphatic carbocycles. The predicted molar refractivity (Wildman–Crippen MR) is 119 cm³/mol. The number of likely N-dealkylation sites (tertiary alicyclic amines) is 1. The smallest absolute Gasteiger partial charge is 0.325 e. The Morgan fingerprint density at radius 1 is 1.22 bits per heavy atom. The number of carbonyl (C=O) groups is 3. The lowest BCUT2D eigenvalue weighted by Crippen LogP contribution is -2.60. The maximum Gasteiger partial charge on any atom is 0.325 e. The third kappa shape index (κ3) is 3.18. The van der Waals surface area contributed by atoms with Gasteiger partial charge in [-0.1, -0.05) is 26.3 Å². The SMILES string of the molecule is CCC(C)C1(C(=O)O)NC(c2ccc(OC)c(C)c2OC)C2C(=O)N(C(C)(C)C)C(=O)C21. The second kappa shape index (κ2) is 8.06. The number of fused-ring (bicyclic) bond motifs is 1. The lowest BCUT2D eigenvalue weighted by molar-refractivity contribution is -0.156.